The summed E-state index contributed by atoms with van der Waals surface area (Å²) >= 11 is 38.2. The maximum Gasteiger partial charge on any atom is 0.353 e. The molecule has 0 heterocycles. The molecule has 0 aliphatic carbocycles. The van der Waals surface area contributed by atoms with Gasteiger partial charge in [0, 0.05) is 0 Å². The lowest BCUT2D eigenvalue weighted by Crippen LogP contribution is -2.54. The Labute approximate surface area is 138 Å². The minimum absolute atomic E-state index is 3.47. The van der Waals surface area contributed by atoms with Gasteiger partial charge in [0.25, 0.3) is 8.92 Å². The zero-order valence-electron chi connectivity index (χ0n) is 7.44. The number of alkyl halides is 12. The van der Waals surface area contributed by atoms with Crippen LogP contribution >= 0.6 is 92.8 Å². The van der Waals surface area contributed by atoms with Crippen molar-refractivity contribution in [1.29, 1.82) is 0 Å². The minimum atomic E-state index is -4.28. The smallest absolute Gasteiger partial charge is 0.276 e. The van der Waals surface area contributed by atoms with Crippen LogP contribution in [0.25, 0.3) is 0 Å². The van der Waals surface area contributed by atoms with Crippen molar-refractivity contribution in [3.05, 3.63) is 0 Å². The molecule has 0 bridgehead atoms. The fourth-order valence-electron chi connectivity index (χ4n) is 0.448. The molecule has 18 heavy (non-hydrogen) atoms. The van der Waals surface area contributed by atoms with Crippen molar-refractivity contribution in [3.8, 4) is 0 Å². The lowest BCUT2D eigenvalue weighted by molar-refractivity contribution is -0.221. The highest BCUT2D eigenvalue weighted by Gasteiger charge is 2.69. The van der Waals surface area contributed by atoms with E-state index in [0.717, 1.165) is 0 Å². The van der Waals surface area contributed by atoms with Gasteiger partial charge in [0.1, 0.15) is 0 Å². The van der Waals surface area contributed by atoms with Crippen molar-refractivity contribution in [2.75, 3.05) is 0 Å². The average Bonchev–Trinajstić information content (AvgIpc) is 1.96. The molecule has 0 N–H and O–H groups in total. The van der Waals surface area contributed by atoms with E-state index in [-0.39, 0.29) is 0 Å². The van der Waals surface area contributed by atoms with E-state index in [2.05, 4.69) is 39.5 Å². The van der Waals surface area contributed by atoms with Crippen molar-refractivity contribution < 1.29 is 22.3 Å². The summed E-state index contributed by atoms with van der Waals surface area (Å²) in [5.74, 6) is 0. The summed E-state index contributed by atoms with van der Waals surface area (Å²) in [5, 5.41) is -8.51. The Balaban J connectivity index is 5.33. The summed E-state index contributed by atoms with van der Waals surface area (Å²) in [7, 11) is 0. The predicted octanol–water partition coefficient (Wildman–Crippen LogP) is 6.10. The lowest BCUT2D eigenvalue weighted by atomic mass is 10.4. The molecule has 2 unspecified atom stereocenters. The van der Waals surface area contributed by atoms with Crippen LogP contribution in [-0.4, -0.2) is 24.1 Å². The fraction of sp³-hybridized carbons (Fsp3) is 1.00. The van der Waals surface area contributed by atoms with Gasteiger partial charge in [-0.15, -0.1) is 0 Å². The summed E-state index contributed by atoms with van der Waals surface area (Å²) in [4.78, 5) is 0. The van der Waals surface area contributed by atoms with Gasteiger partial charge in [0.05, 0.1) is 0 Å². The van der Waals surface area contributed by atoms with Gasteiger partial charge in [-0.25, -0.2) is 4.39 Å². The van der Waals surface area contributed by atoms with Gasteiger partial charge < -0.3 is 0 Å². The molecule has 0 aliphatic heterocycles. The molecular formula is C5Cl8F4O. The Kier molecular flexibility index (Phi) is 6.28. The van der Waals surface area contributed by atoms with E-state index in [1.54, 1.807) is 0 Å². The predicted molar refractivity (Wildman–Crippen MR) is 66.0 cm³/mol. The molecular weight excluding hydrogens is 436 g/mol. The Bertz CT molecular complexity index is 308. The number of halogens is 12. The maximum atomic E-state index is 13.7. The number of rotatable bonds is 5. The largest absolute Gasteiger partial charge is 0.353 e. The molecule has 0 aromatic rings. The maximum absolute atomic E-state index is 13.7. The summed E-state index contributed by atoms with van der Waals surface area (Å²) in [6.45, 7) is 0. The van der Waals surface area contributed by atoms with E-state index in [0.29, 0.717) is 0 Å². The second-order valence-corrected chi connectivity index (χ2v) is 7.48. The summed E-state index contributed by atoms with van der Waals surface area (Å²) in [6, 6.07) is 0. The molecule has 0 saturated carbocycles. The van der Waals surface area contributed by atoms with Crippen LogP contribution in [0.5, 0.6) is 0 Å². The Morgan fingerprint density at radius 3 is 1.11 bits per heavy atom. The topological polar surface area (TPSA) is 9.23 Å². The number of hydrogen-bond donors (Lipinski definition) is 0. The summed E-state index contributed by atoms with van der Waals surface area (Å²) in [5.41, 5.74) is 0. The molecule has 0 aromatic carbocycles. The van der Waals surface area contributed by atoms with E-state index < -0.39 is 24.1 Å². The zero-order valence-corrected chi connectivity index (χ0v) is 13.5. The van der Waals surface area contributed by atoms with Crippen molar-refractivity contribution in [1.82, 2.24) is 0 Å². The fourth-order valence-corrected chi connectivity index (χ4v) is 1.32. The first-order valence-corrected chi connectivity index (χ1v) is 6.45. The monoisotopic (exact) mass is 432 g/mol. The molecule has 110 valence electrons. The summed E-state index contributed by atoms with van der Waals surface area (Å²) in [6.07, 6.45) is 0. The van der Waals surface area contributed by atoms with E-state index in [9.17, 15) is 17.6 Å². The van der Waals surface area contributed by atoms with Crippen LogP contribution in [-0.2, 0) is 4.74 Å². The van der Waals surface area contributed by atoms with Gasteiger partial charge in [-0.2, -0.15) is 13.2 Å². The van der Waals surface area contributed by atoms with Gasteiger partial charge in [0.15, 0.2) is 0 Å². The highest BCUT2D eigenvalue weighted by molar-refractivity contribution is 6.64. The first-order valence-electron chi connectivity index (χ1n) is 3.43. The third-order valence-electron chi connectivity index (χ3n) is 1.31. The van der Waals surface area contributed by atoms with Crippen LogP contribution in [0.3, 0.4) is 0 Å². The van der Waals surface area contributed by atoms with Gasteiger partial charge in [-0.3, -0.25) is 4.74 Å². The molecule has 13 heteroatoms. The minimum Gasteiger partial charge on any atom is -0.276 e. The average molecular weight is 436 g/mol. The normalized spacial score (nSPS) is 21.3. The van der Waals surface area contributed by atoms with Gasteiger partial charge in [-0.05, 0) is 23.2 Å². The molecule has 0 spiro atoms. The van der Waals surface area contributed by atoms with Crippen molar-refractivity contribution in [2.45, 2.75) is 24.1 Å². The molecule has 2 atom stereocenters. The lowest BCUT2D eigenvalue weighted by Gasteiger charge is -2.37. The first kappa shape index (κ1) is 20.0. The Morgan fingerprint density at radius 1 is 0.556 bits per heavy atom. The molecule has 0 rings (SSSR count). The zero-order chi connectivity index (χ0) is 15.2. The van der Waals surface area contributed by atoms with Crippen LogP contribution in [0.1, 0.15) is 0 Å². The molecule has 0 fully saturated rings. The molecule has 0 amide bonds. The third-order valence-corrected chi connectivity index (χ3v) is 4.84. The van der Waals surface area contributed by atoms with E-state index in [4.69, 9.17) is 58.0 Å². The van der Waals surface area contributed by atoms with E-state index in [1.807, 2.05) is 0 Å². The van der Waals surface area contributed by atoms with Gasteiger partial charge in [0.2, 0.25) is 0 Å². The molecule has 1 nitrogen and oxygen atoms in total. The molecule has 0 radical (unpaired) electrons. The van der Waals surface area contributed by atoms with Crippen LogP contribution in [0.4, 0.5) is 17.6 Å². The third kappa shape index (κ3) is 4.25. The van der Waals surface area contributed by atoms with Crippen molar-refractivity contribution in [2.24, 2.45) is 0 Å². The van der Waals surface area contributed by atoms with Crippen LogP contribution in [0.2, 0.25) is 0 Å². The number of hydrogen-bond acceptors (Lipinski definition) is 1. The van der Waals surface area contributed by atoms with E-state index in [1.165, 1.54) is 0 Å². The van der Waals surface area contributed by atoms with Gasteiger partial charge >= 0.3 is 15.2 Å². The van der Waals surface area contributed by atoms with Crippen molar-refractivity contribution in [3.63, 3.8) is 0 Å². The quantitative estimate of drug-likeness (QED) is 0.374. The van der Waals surface area contributed by atoms with E-state index >= 15 is 0 Å². The first-order chi connectivity index (χ1) is 7.46. The highest BCUT2D eigenvalue weighted by atomic mass is 35.5. The van der Waals surface area contributed by atoms with Crippen LogP contribution in [0.15, 0.2) is 0 Å². The Morgan fingerprint density at radius 2 is 0.889 bits per heavy atom. The van der Waals surface area contributed by atoms with Crippen LogP contribution in [0, 0.1) is 0 Å². The molecule has 0 saturated heterocycles. The standard InChI is InChI=1S/C5Cl8F4O/c6-1(7,2(8,9)14)4(12,16)18-5(13,17)3(10,11)15. The molecule has 0 aromatic heterocycles. The highest BCUT2D eigenvalue weighted by Crippen LogP contribution is 2.57. The Hall–Kier alpha value is 2.00. The van der Waals surface area contributed by atoms with Crippen molar-refractivity contribution >= 4 is 92.8 Å². The second-order valence-electron chi connectivity index (χ2n) is 2.71. The van der Waals surface area contributed by atoms with Crippen LogP contribution < -0.4 is 0 Å². The second kappa shape index (κ2) is 5.65. The number of ether oxygens (including phenoxy) is 1. The molecule has 0 aliphatic rings. The summed E-state index contributed by atoms with van der Waals surface area (Å²) < 4.78 is 44.9. The SMILES string of the molecule is FC(Cl)(Cl)C(F)(Cl)OC(F)(Cl)C(Cl)(Cl)C(F)(Cl)Cl. The van der Waals surface area contributed by atoms with Gasteiger partial charge in [-0.1, -0.05) is 69.6 Å².